The summed E-state index contributed by atoms with van der Waals surface area (Å²) >= 11 is 1.89. The summed E-state index contributed by atoms with van der Waals surface area (Å²) < 4.78 is 37.2. The highest BCUT2D eigenvalue weighted by Crippen LogP contribution is 2.30. The van der Waals surface area contributed by atoms with E-state index in [1.807, 2.05) is 11.8 Å². The van der Waals surface area contributed by atoms with Crippen LogP contribution in [0.5, 0.6) is 0 Å². The van der Waals surface area contributed by atoms with Gasteiger partial charge in [0.05, 0.1) is 5.56 Å². The van der Waals surface area contributed by atoms with Crippen molar-refractivity contribution in [2.24, 2.45) is 0 Å². The van der Waals surface area contributed by atoms with Gasteiger partial charge in [0.1, 0.15) is 5.82 Å². The number of anilines is 1. The standard InChI is InChI=1S/C13H17F3N2S/c1-19-11-5-3-10(4-6-11)18-12-7-2-9(8-17-12)13(14,15)16/h2,7-8,10-11H,3-6H2,1H3,(H,17,18). The number of pyridine rings is 1. The van der Waals surface area contributed by atoms with Gasteiger partial charge in [0.2, 0.25) is 0 Å². The second-order valence-electron chi connectivity index (χ2n) is 4.78. The fraction of sp³-hybridized carbons (Fsp3) is 0.615. The van der Waals surface area contributed by atoms with E-state index in [0.29, 0.717) is 11.9 Å². The zero-order valence-electron chi connectivity index (χ0n) is 10.7. The van der Waals surface area contributed by atoms with Crippen molar-refractivity contribution in [2.75, 3.05) is 11.6 Å². The molecule has 0 aliphatic heterocycles. The number of hydrogen-bond donors (Lipinski definition) is 1. The van der Waals surface area contributed by atoms with Gasteiger partial charge in [-0.25, -0.2) is 4.98 Å². The number of aromatic nitrogens is 1. The van der Waals surface area contributed by atoms with E-state index in [2.05, 4.69) is 16.6 Å². The van der Waals surface area contributed by atoms with E-state index in [1.54, 1.807) is 0 Å². The lowest BCUT2D eigenvalue weighted by molar-refractivity contribution is -0.137. The maximum absolute atomic E-state index is 12.4. The Morgan fingerprint density at radius 3 is 2.37 bits per heavy atom. The van der Waals surface area contributed by atoms with E-state index < -0.39 is 11.7 Å². The largest absolute Gasteiger partial charge is 0.417 e. The Balaban J connectivity index is 1.90. The van der Waals surface area contributed by atoms with Crippen molar-refractivity contribution < 1.29 is 13.2 Å². The highest BCUT2D eigenvalue weighted by molar-refractivity contribution is 7.99. The van der Waals surface area contributed by atoms with Crippen molar-refractivity contribution >= 4 is 17.6 Å². The van der Waals surface area contributed by atoms with E-state index in [-0.39, 0.29) is 0 Å². The first-order valence-corrected chi connectivity index (χ1v) is 7.60. The summed E-state index contributed by atoms with van der Waals surface area (Å²) in [4.78, 5) is 3.84. The van der Waals surface area contributed by atoms with E-state index in [4.69, 9.17) is 0 Å². The molecule has 1 aliphatic carbocycles. The maximum Gasteiger partial charge on any atom is 0.417 e. The SMILES string of the molecule is CSC1CCC(Nc2ccc(C(F)(F)F)cn2)CC1. The number of nitrogens with zero attached hydrogens (tertiary/aromatic N) is 1. The normalized spacial score (nSPS) is 24.2. The molecular formula is C13H17F3N2S. The van der Waals surface area contributed by atoms with Crippen LogP contribution in [0.25, 0.3) is 0 Å². The van der Waals surface area contributed by atoms with Gasteiger partial charge < -0.3 is 5.32 Å². The first-order chi connectivity index (χ1) is 8.99. The van der Waals surface area contributed by atoms with Crippen LogP contribution in [0, 0.1) is 0 Å². The van der Waals surface area contributed by atoms with Crippen molar-refractivity contribution in [3.05, 3.63) is 23.9 Å². The van der Waals surface area contributed by atoms with Crippen LogP contribution in [0.1, 0.15) is 31.2 Å². The van der Waals surface area contributed by atoms with Crippen molar-refractivity contribution in [1.29, 1.82) is 0 Å². The van der Waals surface area contributed by atoms with Gasteiger partial charge in [0.15, 0.2) is 0 Å². The van der Waals surface area contributed by atoms with Crippen molar-refractivity contribution in [3.63, 3.8) is 0 Å². The summed E-state index contributed by atoms with van der Waals surface area (Å²) in [5.74, 6) is 0.528. The summed E-state index contributed by atoms with van der Waals surface area (Å²) in [6, 6.07) is 2.81. The molecule has 0 radical (unpaired) electrons. The van der Waals surface area contributed by atoms with E-state index in [9.17, 15) is 13.2 Å². The second kappa shape index (κ2) is 6.03. The van der Waals surface area contributed by atoms with Crippen LogP contribution in [0.2, 0.25) is 0 Å². The topological polar surface area (TPSA) is 24.9 Å². The Morgan fingerprint density at radius 2 is 1.89 bits per heavy atom. The molecule has 6 heteroatoms. The molecule has 19 heavy (non-hydrogen) atoms. The first kappa shape index (κ1) is 14.5. The van der Waals surface area contributed by atoms with Crippen LogP contribution in [0.4, 0.5) is 19.0 Å². The molecule has 106 valence electrons. The summed E-state index contributed by atoms with van der Waals surface area (Å²) in [6.07, 6.45) is 3.09. The number of nitrogens with one attached hydrogen (secondary N) is 1. The fourth-order valence-electron chi connectivity index (χ4n) is 2.30. The third kappa shape index (κ3) is 4.03. The lowest BCUT2D eigenvalue weighted by Gasteiger charge is -2.28. The predicted molar refractivity (Wildman–Crippen MR) is 72.4 cm³/mol. The third-order valence-electron chi connectivity index (χ3n) is 3.45. The minimum Gasteiger partial charge on any atom is -0.367 e. The van der Waals surface area contributed by atoms with Crippen LogP contribution in [0.3, 0.4) is 0 Å². The smallest absolute Gasteiger partial charge is 0.367 e. The van der Waals surface area contributed by atoms with Gasteiger partial charge in [-0.15, -0.1) is 0 Å². The highest BCUT2D eigenvalue weighted by atomic mass is 32.2. The van der Waals surface area contributed by atoms with Gasteiger partial charge in [-0.3, -0.25) is 0 Å². The molecule has 1 aliphatic rings. The Morgan fingerprint density at radius 1 is 1.21 bits per heavy atom. The molecule has 2 nitrogen and oxygen atoms in total. The Kier molecular flexibility index (Phi) is 4.60. The Labute approximate surface area is 115 Å². The summed E-state index contributed by atoms with van der Waals surface area (Å²) in [7, 11) is 0. The van der Waals surface area contributed by atoms with Crippen LogP contribution in [-0.2, 0) is 6.18 Å². The fourth-order valence-corrected chi connectivity index (χ4v) is 3.04. The first-order valence-electron chi connectivity index (χ1n) is 6.31. The highest BCUT2D eigenvalue weighted by Gasteiger charge is 2.30. The molecule has 2 rings (SSSR count). The Hall–Kier alpha value is -0.910. The molecule has 1 heterocycles. The summed E-state index contributed by atoms with van der Waals surface area (Å²) in [5.41, 5.74) is -0.704. The number of halogens is 3. The predicted octanol–water partition coefficient (Wildman–Crippen LogP) is 4.19. The van der Waals surface area contributed by atoms with Gasteiger partial charge in [0.25, 0.3) is 0 Å². The van der Waals surface area contributed by atoms with Gasteiger partial charge >= 0.3 is 6.18 Å². The number of hydrogen-bond acceptors (Lipinski definition) is 3. The molecule has 0 atom stereocenters. The average Bonchev–Trinajstić information content (AvgIpc) is 2.39. The van der Waals surface area contributed by atoms with Gasteiger partial charge in [-0.2, -0.15) is 24.9 Å². The van der Waals surface area contributed by atoms with Crippen LogP contribution in [-0.4, -0.2) is 22.5 Å². The average molecular weight is 290 g/mol. The van der Waals surface area contributed by atoms with E-state index in [0.717, 1.165) is 43.2 Å². The molecule has 1 saturated carbocycles. The molecule has 1 N–H and O–H groups in total. The zero-order valence-corrected chi connectivity index (χ0v) is 11.5. The van der Waals surface area contributed by atoms with Crippen molar-refractivity contribution in [2.45, 2.75) is 43.2 Å². The molecule has 0 unspecified atom stereocenters. The number of alkyl halides is 3. The second-order valence-corrected chi connectivity index (χ2v) is 5.92. The number of rotatable bonds is 3. The minimum atomic E-state index is -4.32. The molecule has 1 aromatic heterocycles. The molecule has 0 spiro atoms. The van der Waals surface area contributed by atoms with Gasteiger partial charge in [-0.05, 0) is 44.1 Å². The lowest BCUT2D eigenvalue weighted by atomic mass is 9.95. The van der Waals surface area contributed by atoms with E-state index >= 15 is 0 Å². The molecule has 1 fully saturated rings. The summed E-state index contributed by atoms with van der Waals surface area (Å²) in [5, 5.41) is 3.94. The quantitative estimate of drug-likeness (QED) is 0.903. The van der Waals surface area contributed by atoms with Gasteiger partial charge in [-0.1, -0.05) is 0 Å². The van der Waals surface area contributed by atoms with Crippen LogP contribution >= 0.6 is 11.8 Å². The van der Waals surface area contributed by atoms with Crippen LogP contribution < -0.4 is 5.32 Å². The molecule has 0 aromatic carbocycles. The third-order valence-corrected chi connectivity index (χ3v) is 4.59. The summed E-state index contributed by atoms with van der Waals surface area (Å²) in [6.45, 7) is 0. The molecular weight excluding hydrogens is 273 g/mol. The van der Waals surface area contributed by atoms with Crippen molar-refractivity contribution in [1.82, 2.24) is 4.98 Å². The monoisotopic (exact) mass is 290 g/mol. The molecule has 0 bridgehead atoms. The lowest BCUT2D eigenvalue weighted by Crippen LogP contribution is -2.27. The molecule has 1 aromatic rings. The van der Waals surface area contributed by atoms with Gasteiger partial charge in [0, 0.05) is 17.5 Å². The minimum absolute atomic E-state index is 0.327. The van der Waals surface area contributed by atoms with Crippen molar-refractivity contribution in [3.8, 4) is 0 Å². The van der Waals surface area contributed by atoms with E-state index in [1.165, 1.54) is 6.07 Å². The number of thioether (sulfide) groups is 1. The zero-order chi connectivity index (χ0) is 13.9. The van der Waals surface area contributed by atoms with Crippen LogP contribution in [0.15, 0.2) is 18.3 Å². The Bertz CT molecular complexity index is 397. The maximum atomic E-state index is 12.4. The molecule has 0 amide bonds. The molecule has 0 saturated heterocycles.